The molecule has 1 saturated heterocycles. The van der Waals surface area contributed by atoms with Crippen LogP contribution < -0.4 is 5.43 Å². The molecule has 0 unspecified atom stereocenters. The summed E-state index contributed by atoms with van der Waals surface area (Å²) < 4.78 is 27.5. The van der Waals surface area contributed by atoms with Gasteiger partial charge in [0.2, 0.25) is 10.0 Å². The Bertz CT molecular complexity index is 971. The Morgan fingerprint density at radius 1 is 1.15 bits per heavy atom. The van der Waals surface area contributed by atoms with Crippen molar-refractivity contribution in [1.82, 2.24) is 4.31 Å². The lowest BCUT2D eigenvalue weighted by molar-refractivity contribution is -0.384. The highest BCUT2D eigenvalue weighted by Gasteiger charge is 2.29. The lowest BCUT2D eigenvalue weighted by Gasteiger charge is -2.15. The predicted octanol–water partition coefficient (Wildman–Crippen LogP) is 3.59. The molecule has 0 aromatic heterocycles. The summed E-state index contributed by atoms with van der Waals surface area (Å²) >= 11 is 3.34. The molecule has 2 aromatic carbocycles. The fourth-order valence-corrected chi connectivity index (χ4v) is 4.52. The third-order valence-electron chi connectivity index (χ3n) is 4.14. The van der Waals surface area contributed by atoms with Gasteiger partial charge in [0.15, 0.2) is 0 Å². The Morgan fingerprint density at radius 3 is 2.44 bits per heavy atom. The second kappa shape index (κ2) is 8.15. The molecule has 0 amide bonds. The first kappa shape index (κ1) is 19.5. The van der Waals surface area contributed by atoms with Gasteiger partial charge in [0, 0.05) is 23.6 Å². The second-order valence-corrected chi connectivity index (χ2v) is 8.82. The van der Waals surface area contributed by atoms with Gasteiger partial charge in [0.25, 0.3) is 5.69 Å². The van der Waals surface area contributed by atoms with Crippen molar-refractivity contribution in [2.24, 2.45) is 5.10 Å². The molecule has 1 aliphatic heterocycles. The Kier molecular flexibility index (Phi) is 5.88. The summed E-state index contributed by atoms with van der Waals surface area (Å²) in [4.78, 5) is 10.7. The summed E-state index contributed by atoms with van der Waals surface area (Å²) in [5, 5.41) is 15.4. The lowest BCUT2D eigenvalue weighted by atomic mass is 10.2. The Balaban J connectivity index is 1.83. The maximum Gasteiger partial charge on any atom is 0.295 e. The molecule has 1 aliphatic rings. The van der Waals surface area contributed by atoms with E-state index in [-0.39, 0.29) is 16.3 Å². The quantitative estimate of drug-likeness (QED) is 0.409. The van der Waals surface area contributed by atoms with Crippen LogP contribution >= 0.6 is 15.9 Å². The van der Waals surface area contributed by atoms with Crippen molar-refractivity contribution in [2.75, 3.05) is 18.5 Å². The molecule has 27 heavy (non-hydrogen) atoms. The number of benzene rings is 2. The van der Waals surface area contributed by atoms with E-state index in [0.717, 1.165) is 28.9 Å². The molecular weight excluding hydrogens is 436 g/mol. The Labute approximate surface area is 165 Å². The maximum absolute atomic E-state index is 12.6. The number of nitrogens with one attached hydrogen (secondary N) is 1. The standard InChI is InChI=1S/C17H17BrN4O4S/c18-14-5-3-13(4-6-14)12-19-20-16-8-7-15(11-17(16)22(23)24)27(25,26)21-9-1-2-10-21/h3-8,11-12,20H,1-2,9-10H2. The molecule has 8 nitrogen and oxygen atoms in total. The van der Waals surface area contributed by atoms with E-state index in [1.54, 1.807) is 0 Å². The van der Waals surface area contributed by atoms with Crippen molar-refractivity contribution in [2.45, 2.75) is 17.7 Å². The Morgan fingerprint density at radius 2 is 1.81 bits per heavy atom. The van der Waals surface area contributed by atoms with Crippen LogP contribution in [0.15, 0.2) is 56.9 Å². The zero-order chi connectivity index (χ0) is 19.4. The molecule has 2 aromatic rings. The number of sulfonamides is 1. The van der Waals surface area contributed by atoms with Crippen molar-refractivity contribution in [1.29, 1.82) is 0 Å². The van der Waals surface area contributed by atoms with Crippen LogP contribution in [0.1, 0.15) is 18.4 Å². The molecular formula is C17H17BrN4O4S. The van der Waals surface area contributed by atoms with E-state index in [1.165, 1.54) is 22.7 Å². The number of anilines is 1. The maximum atomic E-state index is 12.6. The first-order valence-corrected chi connectivity index (χ1v) is 10.4. The largest absolute Gasteiger partial charge is 0.295 e. The molecule has 0 aliphatic carbocycles. The fraction of sp³-hybridized carbons (Fsp3) is 0.235. The average molecular weight is 453 g/mol. The predicted molar refractivity (Wildman–Crippen MR) is 106 cm³/mol. The summed E-state index contributed by atoms with van der Waals surface area (Å²) in [5.41, 5.74) is 3.20. The van der Waals surface area contributed by atoms with Gasteiger partial charge >= 0.3 is 0 Å². The molecule has 0 spiro atoms. The molecule has 1 heterocycles. The van der Waals surface area contributed by atoms with Gasteiger partial charge in [-0.15, -0.1) is 0 Å². The van der Waals surface area contributed by atoms with E-state index in [2.05, 4.69) is 26.5 Å². The summed E-state index contributed by atoms with van der Waals surface area (Å²) in [5.74, 6) is 0. The highest BCUT2D eigenvalue weighted by Crippen LogP contribution is 2.30. The van der Waals surface area contributed by atoms with Gasteiger partial charge in [0.05, 0.1) is 16.0 Å². The number of nitro groups is 1. The minimum atomic E-state index is -3.72. The van der Waals surface area contributed by atoms with E-state index < -0.39 is 14.9 Å². The SMILES string of the molecule is O=[N+]([O-])c1cc(S(=O)(=O)N2CCCC2)ccc1NN=Cc1ccc(Br)cc1. The lowest BCUT2D eigenvalue weighted by Crippen LogP contribution is -2.27. The number of rotatable bonds is 6. The number of hydrogen-bond donors (Lipinski definition) is 1. The van der Waals surface area contributed by atoms with Crippen LogP contribution in [0.3, 0.4) is 0 Å². The van der Waals surface area contributed by atoms with Gasteiger partial charge in [-0.3, -0.25) is 15.5 Å². The van der Waals surface area contributed by atoms with Gasteiger partial charge in [0.1, 0.15) is 5.69 Å². The zero-order valence-corrected chi connectivity index (χ0v) is 16.6. The number of halogens is 1. The third kappa shape index (κ3) is 4.52. The molecule has 142 valence electrons. The Hall–Kier alpha value is -2.30. The summed E-state index contributed by atoms with van der Waals surface area (Å²) in [6.07, 6.45) is 3.11. The highest BCUT2D eigenvalue weighted by molar-refractivity contribution is 9.10. The molecule has 0 saturated carbocycles. The number of hydrogen-bond acceptors (Lipinski definition) is 6. The monoisotopic (exact) mass is 452 g/mol. The molecule has 1 fully saturated rings. The molecule has 10 heteroatoms. The van der Waals surface area contributed by atoms with Crippen molar-refractivity contribution < 1.29 is 13.3 Å². The molecule has 0 atom stereocenters. The van der Waals surface area contributed by atoms with Crippen LogP contribution in [0.5, 0.6) is 0 Å². The third-order valence-corrected chi connectivity index (χ3v) is 6.56. The minimum absolute atomic E-state index is 0.0847. The van der Waals surface area contributed by atoms with Crippen molar-refractivity contribution in [3.05, 3.63) is 62.6 Å². The van der Waals surface area contributed by atoms with Crippen LogP contribution in [-0.2, 0) is 10.0 Å². The van der Waals surface area contributed by atoms with E-state index in [0.29, 0.717) is 13.1 Å². The smallest absolute Gasteiger partial charge is 0.272 e. The normalized spacial score (nSPS) is 15.3. The van der Waals surface area contributed by atoms with Gasteiger partial charge in [-0.2, -0.15) is 9.41 Å². The van der Waals surface area contributed by atoms with Crippen molar-refractivity contribution >= 4 is 43.5 Å². The minimum Gasteiger partial charge on any atom is -0.272 e. The fourth-order valence-electron chi connectivity index (χ4n) is 2.72. The van der Waals surface area contributed by atoms with Crippen LogP contribution in [0.2, 0.25) is 0 Å². The number of hydrazone groups is 1. The summed E-state index contributed by atoms with van der Waals surface area (Å²) in [6.45, 7) is 0.876. The van der Waals surface area contributed by atoms with Crippen molar-refractivity contribution in [3.63, 3.8) is 0 Å². The number of nitro benzene ring substituents is 1. The topological polar surface area (TPSA) is 105 Å². The van der Waals surface area contributed by atoms with E-state index >= 15 is 0 Å². The highest BCUT2D eigenvalue weighted by atomic mass is 79.9. The molecule has 3 rings (SSSR count). The first-order valence-electron chi connectivity index (χ1n) is 8.21. The van der Waals surface area contributed by atoms with Crippen LogP contribution in [0.4, 0.5) is 11.4 Å². The second-order valence-electron chi connectivity index (χ2n) is 5.97. The van der Waals surface area contributed by atoms with Gasteiger partial charge in [-0.1, -0.05) is 28.1 Å². The van der Waals surface area contributed by atoms with Crippen LogP contribution in [0, 0.1) is 10.1 Å². The van der Waals surface area contributed by atoms with Gasteiger partial charge in [-0.05, 0) is 42.7 Å². The average Bonchev–Trinajstić information content (AvgIpc) is 3.19. The van der Waals surface area contributed by atoms with Crippen LogP contribution in [0.25, 0.3) is 0 Å². The molecule has 1 N–H and O–H groups in total. The van der Waals surface area contributed by atoms with Gasteiger partial charge in [-0.25, -0.2) is 8.42 Å². The van der Waals surface area contributed by atoms with E-state index in [4.69, 9.17) is 0 Å². The molecule has 0 bridgehead atoms. The summed E-state index contributed by atoms with van der Waals surface area (Å²) in [7, 11) is -3.72. The van der Waals surface area contributed by atoms with E-state index in [9.17, 15) is 18.5 Å². The zero-order valence-electron chi connectivity index (χ0n) is 14.2. The van der Waals surface area contributed by atoms with Crippen LogP contribution in [-0.4, -0.2) is 37.0 Å². The van der Waals surface area contributed by atoms with Crippen molar-refractivity contribution in [3.8, 4) is 0 Å². The van der Waals surface area contributed by atoms with E-state index in [1.807, 2.05) is 24.3 Å². The first-order chi connectivity index (χ1) is 12.9. The number of nitrogens with zero attached hydrogens (tertiary/aromatic N) is 3. The van der Waals surface area contributed by atoms with Gasteiger partial charge < -0.3 is 0 Å². The molecule has 0 radical (unpaired) electrons. The summed E-state index contributed by atoms with van der Waals surface area (Å²) in [6, 6.07) is 11.2.